The Bertz CT molecular complexity index is 284. The lowest BCUT2D eigenvalue weighted by Gasteiger charge is -2.20. The topological polar surface area (TPSA) is 72.6 Å². The van der Waals surface area contributed by atoms with Crippen molar-refractivity contribution in [1.82, 2.24) is 4.31 Å². The van der Waals surface area contributed by atoms with E-state index in [1.54, 1.807) is 6.92 Å². The maximum atomic E-state index is 11.9. The lowest BCUT2D eigenvalue weighted by molar-refractivity contribution is 0.198. The van der Waals surface area contributed by atoms with E-state index in [1.165, 1.54) is 11.4 Å². The van der Waals surface area contributed by atoms with Crippen molar-refractivity contribution >= 4 is 22.4 Å². The average molecular weight is 259 g/mol. The highest BCUT2D eigenvalue weighted by molar-refractivity contribution is 7.89. The molecule has 0 spiro atoms. The molecule has 15 heavy (non-hydrogen) atoms. The van der Waals surface area contributed by atoms with Gasteiger partial charge < -0.3 is 10.5 Å². The summed E-state index contributed by atoms with van der Waals surface area (Å²) in [6.07, 6.45) is 0.749. The molecular weight excluding hydrogens is 240 g/mol. The van der Waals surface area contributed by atoms with Gasteiger partial charge in [-0.15, -0.1) is 12.4 Å². The van der Waals surface area contributed by atoms with E-state index in [0.717, 1.165) is 6.42 Å². The van der Waals surface area contributed by atoms with Gasteiger partial charge in [0.05, 0.1) is 11.9 Å². The smallest absolute Gasteiger partial charge is 0.219 e. The highest BCUT2D eigenvalue weighted by Gasteiger charge is 2.33. The van der Waals surface area contributed by atoms with Gasteiger partial charge in [0, 0.05) is 26.2 Å². The molecule has 2 N–H and O–H groups in total. The van der Waals surface area contributed by atoms with E-state index in [1.807, 2.05) is 0 Å². The molecule has 0 aromatic heterocycles. The Kier molecular flexibility index (Phi) is 6.05. The predicted octanol–water partition coefficient (Wildman–Crippen LogP) is -0.194. The SMILES string of the molecule is COCC(C)S(=O)(=O)N1CCC(N)C1.Cl. The van der Waals surface area contributed by atoms with Crippen LogP contribution in [0, 0.1) is 0 Å². The molecule has 1 heterocycles. The third kappa shape index (κ3) is 3.57. The average Bonchev–Trinajstić information content (AvgIpc) is 2.52. The summed E-state index contributed by atoms with van der Waals surface area (Å²) in [4.78, 5) is 0. The van der Waals surface area contributed by atoms with Crippen molar-refractivity contribution in [2.75, 3.05) is 26.8 Å². The maximum Gasteiger partial charge on any atom is 0.219 e. The van der Waals surface area contributed by atoms with E-state index in [-0.39, 0.29) is 25.1 Å². The normalized spacial score (nSPS) is 24.9. The van der Waals surface area contributed by atoms with Crippen LogP contribution in [-0.2, 0) is 14.8 Å². The van der Waals surface area contributed by atoms with Gasteiger partial charge in [-0.2, -0.15) is 0 Å². The van der Waals surface area contributed by atoms with Gasteiger partial charge >= 0.3 is 0 Å². The molecule has 2 atom stereocenters. The fraction of sp³-hybridized carbons (Fsp3) is 1.00. The maximum absolute atomic E-state index is 11.9. The Morgan fingerprint density at radius 1 is 1.60 bits per heavy atom. The molecule has 2 unspecified atom stereocenters. The molecule has 0 aliphatic carbocycles. The number of nitrogens with zero attached hydrogens (tertiary/aromatic N) is 1. The summed E-state index contributed by atoms with van der Waals surface area (Å²) in [7, 11) is -1.70. The van der Waals surface area contributed by atoms with E-state index in [2.05, 4.69) is 0 Å². The fourth-order valence-electron chi connectivity index (χ4n) is 1.56. The van der Waals surface area contributed by atoms with Gasteiger partial charge in [0.2, 0.25) is 10.0 Å². The second-order valence-electron chi connectivity index (χ2n) is 3.72. The van der Waals surface area contributed by atoms with E-state index >= 15 is 0 Å². The molecule has 7 heteroatoms. The van der Waals surface area contributed by atoms with Crippen LogP contribution in [-0.4, -0.2) is 50.8 Å². The van der Waals surface area contributed by atoms with Crippen LogP contribution in [0.2, 0.25) is 0 Å². The van der Waals surface area contributed by atoms with Crippen LogP contribution in [0.1, 0.15) is 13.3 Å². The highest BCUT2D eigenvalue weighted by atomic mass is 35.5. The number of ether oxygens (including phenoxy) is 1. The van der Waals surface area contributed by atoms with Crippen LogP contribution in [0.3, 0.4) is 0 Å². The molecule has 0 aromatic rings. The van der Waals surface area contributed by atoms with Gasteiger partial charge in [-0.25, -0.2) is 12.7 Å². The van der Waals surface area contributed by atoms with E-state index in [4.69, 9.17) is 10.5 Å². The minimum absolute atomic E-state index is 0. The minimum atomic E-state index is -3.21. The number of hydrogen-bond acceptors (Lipinski definition) is 4. The Morgan fingerprint density at radius 3 is 2.60 bits per heavy atom. The zero-order valence-corrected chi connectivity index (χ0v) is 10.7. The van der Waals surface area contributed by atoms with Gasteiger partial charge in [0.1, 0.15) is 0 Å². The molecule has 1 aliphatic rings. The van der Waals surface area contributed by atoms with Crippen molar-refractivity contribution in [1.29, 1.82) is 0 Å². The molecular formula is C8H19ClN2O3S. The third-order valence-corrected chi connectivity index (χ3v) is 4.66. The van der Waals surface area contributed by atoms with Crippen molar-refractivity contribution in [2.45, 2.75) is 24.6 Å². The van der Waals surface area contributed by atoms with Gasteiger partial charge in [0.25, 0.3) is 0 Å². The van der Waals surface area contributed by atoms with Crippen molar-refractivity contribution in [3.8, 4) is 0 Å². The number of hydrogen-bond donors (Lipinski definition) is 1. The largest absolute Gasteiger partial charge is 0.383 e. The second-order valence-corrected chi connectivity index (χ2v) is 6.07. The van der Waals surface area contributed by atoms with E-state index in [9.17, 15) is 8.42 Å². The van der Waals surface area contributed by atoms with Crippen molar-refractivity contribution in [3.05, 3.63) is 0 Å². The zero-order valence-electron chi connectivity index (χ0n) is 9.05. The first-order valence-electron chi connectivity index (χ1n) is 4.72. The summed E-state index contributed by atoms with van der Waals surface area (Å²) >= 11 is 0. The molecule has 1 saturated heterocycles. The third-order valence-electron chi connectivity index (χ3n) is 2.46. The quantitative estimate of drug-likeness (QED) is 0.759. The Morgan fingerprint density at radius 2 is 2.20 bits per heavy atom. The summed E-state index contributed by atoms with van der Waals surface area (Å²) in [6.45, 7) is 2.87. The predicted molar refractivity (Wildman–Crippen MR) is 61.7 cm³/mol. The van der Waals surface area contributed by atoms with E-state index < -0.39 is 15.3 Å². The summed E-state index contributed by atoms with van der Waals surface area (Å²) in [5, 5.41) is -0.488. The lowest BCUT2D eigenvalue weighted by Crippen LogP contribution is -2.39. The van der Waals surface area contributed by atoms with Crippen LogP contribution in [0.4, 0.5) is 0 Å². The molecule has 1 fully saturated rings. The summed E-state index contributed by atoms with van der Waals surface area (Å²) in [5.41, 5.74) is 5.66. The number of rotatable bonds is 4. The number of nitrogens with two attached hydrogens (primary N) is 1. The molecule has 0 amide bonds. The Labute approximate surface area is 97.4 Å². The lowest BCUT2D eigenvalue weighted by atomic mass is 10.3. The molecule has 0 bridgehead atoms. The fourth-order valence-corrected chi connectivity index (χ4v) is 3.14. The minimum Gasteiger partial charge on any atom is -0.383 e. The summed E-state index contributed by atoms with van der Waals surface area (Å²) in [6, 6.07) is -0.0143. The highest BCUT2D eigenvalue weighted by Crippen LogP contribution is 2.16. The van der Waals surface area contributed by atoms with Crippen molar-refractivity contribution < 1.29 is 13.2 Å². The van der Waals surface area contributed by atoms with Crippen LogP contribution < -0.4 is 5.73 Å². The molecule has 0 radical (unpaired) electrons. The zero-order chi connectivity index (χ0) is 10.8. The van der Waals surface area contributed by atoms with Crippen LogP contribution in [0.5, 0.6) is 0 Å². The Balaban J connectivity index is 0.00000196. The summed E-state index contributed by atoms with van der Waals surface area (Å²) < 4.78 is 30.0. The van der Waals surface area contributed by atoms with Gasteiger partial charge in [-0.1, -0.05) is 0 Å². The first kappa shape index (κ1) is 15.1. The number of halogens is 1. The molecule has 1 rings (SSSR count). The monoisotopic (exact) mass is 258 g/mol. The first-order chi connectivity index (χ1) is 6.48. The van der Waals surface area contributed by atoms with E-state index in [0.29, 0.717) is 13.1 Å². The molecule has 92 valence electrons. The van der Waals surface area contributed by atoms with Crippen LogP contribution >= 0.6 is 12.4 Å². The van der Waals surface area contributed by atoms with Gasteiger partial charge in [0.15, 0.2) is 0 Å². The summed E-state index contributed by atoms with van der Waals surface area (Å²) in [5.74, 6) is 0. The second kappa shape index (κ2) is 6.00. The molecule has 0 saturated carbocycles. The molecule has 5 nitrogen and oxygen atoms in total. The van der Waals surface area contributed by atoms with Gasteiger partial charge in [-0.05, 0) is 13.3 Å². The molecule has 1 aliphatic heterocycles. The van der Waals surface area contributed by atoms with Crippen molar-refractivity contribution in [3.63, 3.8) is 0 Å². The standard InChI is InChI=1S/C8H18N2O3S.ClH/c1-7(6-13-2)14(11,12)10-4-3-8(9)5-10;/h7-8H,3-6,9H2,1-2H3;1H. The van der Waals surface area contributed by atoms with Crippen LogP contribution in [0.15, 0.2) is 0 Å². The Hall–Kier alpha value is 0.120. The van der Waals surface area contributed by atoms with Crippen molar-refractivity contribution in [2.24, 2.45) is 5.73 Å². The number of methoxy groups -OCH3 is 1. The van der Waals surface area contributed by atoms with Gasteiger partial charge in [-0.3, -0.25) is 0 Å². The van der Waals surface area contributed by atoms with Crippen LogP contribution in [0.25, 0.3) is 0 Å². The molecule has 0 aromatic carbocycles. The first-order valence-corrected chi connectivity index (χ1v) is 6.22. The number of sulfonamides is 1.